The molecule has 2 radical (unpaired) electrons. The summed E-state index contributed by atoms with van der Waals surface area (Å²) in [6.07, 6.45) is 3.45. The van der Waals surface area contributed by atoms with Crippen LogP contribution in [0.2, 0.25) is 0 Å². The summed E-state index contributed by atoms with van der Waals surface area (Å²) >= 11 is 0. The zero-order valence-electron chi connectivity index (χ0n) is 20.3. The van der Waals surface area contributed by atoms with Gasteiger partial charge >= 0.3 is 11.9 Å². The van der Waals surface area contributed by atoms with Crippen molar-refractivity contribution in [1.29, 1.82) is 0 Å². The van der Waals surface area contributed by atoms with E-state index in [1.54, 1.807) is 48.5 Å². The second kappa shape index (κ2) is 33.5. The fraction of sp³-hybridized carbons (Fsp3) is 0.130. The quantitative estimate of drug-likeness (QED) is 0.166. The van der Waals surface area contributed by atoms with Crippen molar-refractivity contribution >= 4 is 23.8 Å². The molecule has 0 aliphatic carbocycles. The van der Waals surface area contributed by atoms with Gasteiger partial charge in [-0.3, -0.25) is 9.59 Å². The topological polar surface area (TPSA) is 214 Å². The van der Waals surface area contributed by atoms with E-state index in [-0.39, 0.29) is 65.4 Å². The molecule has 2 aromatic carbocycles. The molecule has 0 heterocycles. The number of aliphatic carboxylic acids is 2. The number of phenolic OH excluding ortho intramolecular Hbond substituents is 2. The van der Waals surface area contributed by atoms with Crippen LogP contribution in [0.5, 0.6) is 11.5 Å². The number of hydrogen-bond donors (Lipinski definition) is 8. The number of phenols is 2. The minimum absolute atomic E-state index is 0. The number of carboxylic acid groups (broad SMARTS) is 2. The largest absolute Gasteiger partial charge is 0.508 e. The zero-order chi connectivity index (χ0) is 27.5. The Labute approximate surface area is 264 Å². The van der Waals surface area contributed by atoms with Gasteiger partial charge in [0, 0.05) is 104 Å². The smallest absolute Gasteiger partial charge is 0.328 e. The third-order valence-electron chi connectivity index (χ3n) is 2.76. The minimum Gasteiger partial charge on any atom is -0.508 e. The molecule has 12 nitrogen and oxygen atoms in total. The number of carbonyl (C=O) groups excluding carboxylic acids is 2. The Morgan fingerprint density at radius 2 is 0.865 bits per heavy atom. The molecular weight excluding hydrogens is 642 g/mol. The average molecular weight is 672 g/mol. The van der Waals surface area contributed by atoms with Crippen molar-refractivity contribution in [3.05, 3.63) is 85.0 Å². The molecule has 0 saturated carbocycles. The SMILES string of the molecule is CNC(=O)/C=C\C(=O)O.CNC(=O)/C=C\C(=O)O.OCO.Oc1ccccc1.Oc1ccccc1.[Y].[Y]. The third kappa shape index (κ3) is 44.0. The van der Waals surface area contributed by atoms with Gasteiger partial charge in [-0.25, -0.2) is 9.59 Å². The molecule has 0 unspecified atom stereocenters. The Kier molecular flexibility index (Phi) is 40.3. The van der Waals surface area contributed by atoms with E-state index in [9.17, 15) is 19.2 Å². The van der Waals surface area contributed by atoms with Gasteiger partial charge in [-0.15, -0.1) is 0 Å². The summed E-state index contributed by atoms with van der Waals surface area (Å²) in [6.45, 7) is -0.750. The number of aromatic hydroxyl groups is 2. The fourth-order valence-electron chi connectivity index (χ4n) is 1.32. The number of aliphatic hydroxyl groups is 2. The molecule has 0 aromatic heterocycles. The normalized spacial score (nSPS) is 8.32. The molecule has 37 heavy (non-hydrogen) atoms. The van der Waals surface area contributed by atoms with Crippen LogP contribution in [-0.4, -0.2) is 75.3 Å². The first-order valence-corrected chi connectivity index (χ1v) is 9.49. The van der Waals surface area contributed by atoms with Crippen LogP contribution in [0.25, 0.3) is 0 Å². The first-order chi connectivity index (χ1) is 16.5. The van der Waals surface area contributed by atoms with Crippen molar-refractivity contribution in [2.45, 2.75) is 0 Å². The van der Waals surface area contributed by atoms with Gasteiger partial charge in [-0.1, -0.05) is 36.4 Å². The van der Waals surface area contributed by atoms with Crippen molar-refractivity contribution in [1.82, 2.24) is 10.6 Å². The number of carbonyl (C=O) groups is 4. The predicted octanol–water partition coefficient (Wildman–Crippen LogP) is 0.454. The standard InChI is InChI=1S/2C6H6O.2C5H7NO3.CH4O2.2Y/c2*7-6-4-2-1-3-5-6;2*1-6-4(7)2-3-5(8)9;2-1-3;;/h2*1-5,7H;2*2-3H,1H3,(H,6,7)(H,8,9);2-3H,1H2;;/b;;2*3-2-;;;. The van der Waals surface area contributed by atoms with Crippen LogP contribution in [0.1, 0.15) is 0 Å². The predicted molar refractivity (Wildman–Crippen MR) is 127 cm³/mol. The third-order valence-corrected chi connectivity index (χ3v) is 2.76. The van der Waals surface area contributed by atoms with Gasteiger partial charge in [0.1, 0.15) is 18.3 Å². The van der Waals surface area contributed by atoms with Crippen LogP contribution in [-0.2, 0) is 84.6 Å². The summed E-state index contributed by atoms with van der Waals surface area (Å²) in [4.78, 5) is 40.0. The van der Waals surface area contributed by atoms with Gasteiger partial charge in [-0.05, 0) is 24.3 Å². The molecule has 0 aliphatic heterocycles. The van der Waals surface area contributed by atoms with Gasteiger partial charge in [0.15, 0.2) is 0 Å². The molecule has 2 amide bonds. The summed E-state index contributed by atoms with van der Waals surface area (Å²) in [6, 6.07) is 17.4. The number of hydrogen-bond acceptors (Lipinski definition) is 8. The number of rotatable bonds is 4. The van der Waals surface area contributed by atoms with E-state index in [1.807, 2.05) is 12.1 Å². The second-order valence-electron chi connectivity index (χ2n) is 5.38. The Bertz CT molecular complexity index is 823. The molecule has 2 rings (SSSR count). The van der Waals surface area contributed by atoms with Crippen molar-refractivity contribution < 1.29 is 115 Å². The minimum atomic E-state index is -1.13. The van der Waals surface area contributed by atoms with Gasteiger partial charge in [0.05, 0.1) is 0 Å². The maximum absolute atomic E-state index is 10.3. The van der Waals surface area contributed by atoms with Crippen molar-refractivity contribution in [3.8, 4) is 11.5 Å². The molecule has 0 atom stereocenters. The van der Waals surface area contributed by atoms with E-state index < -0.39 is 30.5 Å². The molecule has 0 fully saturated rings. The molecule has 0 aliphatic rings. The van der Waals surface area contributed by atoms with E-state index in [1.165, 1.54) is 14.1 Å². The van der Waals surface area contributed by atoms with Crippen molar-refractivity contribution in [3.63, 3.8) is 0 Å². The Hall–Kier alpha value is -2.47. The average Bonchev–Trinajstić information content (AvgIpc) is 2.83. The van der Waals surface area contributed by atoms with E-state index in [4.69, 9.17) is 30.6 Å². The maximum atomic E-state index is 10.3. The maximum Gasteiger partial charge on any atom is 0.328 e. The molecular formula is C23H30N2O10Y2. The number of carboxylic acids is 2. The molecule has 0 bridgehead atoms. The summed E-state index contributed by atoms with van der Waals surface area (Å²) in [5.41, 5.74) is 0. The summed E-state index contributed by atoms with van der Waals surface area (Å²) in [5.74, 6) is -2.45. The van der Waals surface area contributed by atoms with Crippen LogP contribution < -0.4 is 10.6 Å². The first-order valence-electron chi connectivity index (χ1n) is 9.49. The number of nitrogens with one attached hydrogen (secondary N) is 2. The molecule has 14 heteroatoms. The summed E-state index contributed by atoms with van der Waals surface area (Å²) in [5, 5.41) is 52.0. The Balaban J connectivity index is -0.000000117. The Morgan fingerprint density at radius 3 is 1.00 bits per heavy atom. The van der Waals surface area contributed by atoms with E-state index in [2.05, 4.69) is 10.6 Å². The number of likely N-dealkylation sites (N-methyl/N-ethyl adjacent to an activating group) is 2. The molecule has 0 saturated heterocycles. The second-order valence-corrected chi connectivity index (χ2v) is 5.38. The number of para-hydroxylation sites is 2. The van der Waals surface area contributed by atoms with E-state index in [0.717, 1.165) is 24.3 Å². The molecule has 2 aromatic rings. The fourth-order valence-corrected chi connectivity index (χ4v) is 1.32. The monoisotopic (exact) mass is 672 g/mol. The molecule has 8 N–H and O–H groups in total. The molecule has 0 spiro atoms. The van der Waals surface area contributed by atoms with Crippen molar-refractivity contribution in [2.75, 3.05) is 20.9 Å². The number of benzene rings is 2. The summed E-state index contributed by atoms with van der Waals surface area (Å²) in [7, 11) is 2.85. The number of aliphatic hydroxyl groups excluding tert-OH is 1. The van der Waals surface area contributed by atoms with Gasteiger partial charge in [0.25, 0.3) is 0 Å². The van der Waals surface area contributed by atoms with E-state index >= 15 is 0 Å². The van der Waals surface area contributed by atoms with Crippen LogP contribution in [0.3, 0.4) is 0 Å². The van der Waals surface area contributed by atoms with Gasteiger partial charge < -0.3 is 41.3 Å². The zero-order valence-corrected chi connectivity index (χ0v) is 25.9. The first kappa shape index (κ1) is 44.5. The number of amides is 2. The molecule has 198 valence electrons. The van der Waals surface area contributed by atoms with Crippen LogP contribution >= 0.6 is 0 Å². The van der Waals surface area contributed by atoms with Crippen LogP contribution in [0, 0.1) is 0 Å². The van der Waals surface area contributed by atoms with Gasteiger partial charge in [0.2, 0.25) is 11.8 Å². The van der Waals surface area contributed by atoms with Crippen molar-refractivity contribution in [2.24, 2.45) is 0 Å². The summed E-state index contributed by atoms with van der Waals surface area (Å²) < 4.78 is 0. The van der Waals surface area contributed by atoms with Crippen LogP contribution in [0.15, 0.2) is 85.0 Å². The Morgan fingerprint density at radius 1 is 0.622 bits per heavy atom. The van der Waals surface area contributed by atoms with Crippen LogP contribution in [0.4, 0.5) is 0 Å². The van der Waals surface area contributed by atoms with E-state index in [0.29, 0.717) is 11.5 Å². The van der Waals surface area contributed by atoms with Gasteiger partial charge in [-0.2, -0.15) is 0 Å².